The molecule has 3 nitrogen and oxygen atoms in total. The first-order valence-corrected chi connectivity index (χ1v) is 13.3. The second-order valence-corrected chi connectivity index (χ2v) is 13.4. The van der Waals surface area contributed by atoms with E-state index in [0.29, 0.717) is 0 Å². The van der Waals surface area contributed by atoms with Gasteiger partial charge in [-0.2, -0.15) is 0 Å². The van der Waals surface area contributed by atoms with E-state index in [4.69, 9.17) is 9.05 Å². The highest BCUT2D eigenvalue weighted by atomic mass is 31.2. The zero-order valence-corrected chi connectivity index (χ0v) is 22.5. The number of hydrogen-bond acceptors (Lipinski definition) is 3. The van der Waals surface area contributed by atoms with Crippen LogP contribution in [0.25, 0.3) is 10.8 Å². The lowest BCUT2D eigenvalue weighted by Gasteiger charge is -2.30. The lowest BCUT2D eigenvalue weighted by molar-refractivity contribution is 0.135. The van der Waals surface area contributed by atoms with Gasteiger partial charge in [-0.25, -0.2) is 0 Å². The maximum atomic E-state index is 10.7. The van der Waals surface area contributed by atoms with Crippen molar-refractivity contribution in [2.75, 3.05) is 0 Å². The molecule has 0 bridgehead atoms. The van der Waals surface area contributed by atoms with E-state index in [0.717, 1.165) is 24.2 Å². The summed E-state index contributed by atoms with van der Waals surface area (Å²) in [5.41, 5.74) is 3.68. The quantitative estimate of drug-likeness (QED) is 0.466. The molecule has 0 aliphatic heterocycles. The van der Waals surface area contributed by atoms with Crippen LogP contribution in [0.4, 0.5) is 0 Å². The molecular weight excluding hydrogens is 415 g/mol. The lowest BCUT2D eigenvalue weighted by Crippen LogP contribution is -2.18. The second kappa shape index (κ2) is 9.24. The molecular formula is C28H43O3P. The maximum Gasteiger partial charge on any atom is 0.394 e. The summed E-state index contributed by atoms with van der Waals surface area (Å²) < 4.78 is 12.1. The van der Waals surface area contributed by atoms with Gasteiger partial charge >= 0.3 is 8.60 Å². The van der Waals surface area contributed by atoms with E-state index < -0.39 is 8.60 Å². The zero-order valence-electron chi connectivity index (χ0n) is 21.6. The Balaban J connectivity index is 2.10. The molecule has 2 aromatic carbocycles. The summed E-state index contributed by atoms with van der Waals surface area (Å²) >= 11 is 0. The Morgan fingerprint density at radius 3 is 1.88 bits per heavy atom. The van der Waals surface area contributed by atoms with Crippen molar-refractivity contribution >= 4 is 19.4 Å². The molecule has 0 amide bonds. The van der Waals surface area contributed by atoms with Crippen LogP contribution in [0.1, 0.15) is 111 Å². The first-order chi connectivity index (χ1) is 14.7. The molecule has 0 saturated heterocycles. The van der Waals surface area contributed by atoms with Gasteiger partial charge in [0.15, 0.2) is 0 Å². The smallest absolute Gasteiger partial charge is 0.394 e. The summed E-state index contributed by atoms with van der Waals surface area (Å²) in [5, 5.41) is 2.42. The summed E-state index contributed by atoms with van der Waals surface area (Å²) in [4.78, 5) is 10.7. The average molecular weight is 459 g/mol. The van der Waals surface area contributed by atoms with E-state index in [9.17, 15) is 4.89 Å². The molecule has 1 unspecified atom stereocenters. The minimum absolute atomic E-state index is 0.0113. The van der Waals surface area contributed by atoms with Crippen molar-refractivity contribution in [2.45, 2.75) is 117 Å². The van der Waals surface area contributed by atoms with Crippen LogP contribution in [0, 0.1) is 0 Å². The van der Waals surface area contributed by atoms with E-state index in [1.165, 1.54) is 41.2 Å². The second-order valence-electron chi connectivity index (χ2n) is 12.5. The van der Waals surface area contributed by atoms with Gasteiger partial charge in [0.1, 0.15) is 5.75 Å². The summed E-state index contributed by atoms with van der Waals surface area (Å²) in [6.07, 6.45) is 5.73. The zero-order chi connectivity index (χ0) is 23.9. The van der Waals surface area contributed by atoms with E-state index in [-0.39, 0.29) is 22.3 Å². The predicted octanol–water partition coefficient (Wildman–Crippen LogP) is 8.68. The third-order valence-corrected chi connectivity index (χ3v) is 7.33. The average Bonchev–Trinajstić information content (AvgIpc) is 2.65. The summed E-state index contributed by atoms with van der Waals surface area (Å²) in [5.74, 6) is 0.739. The molecule has 1 saturated carbocycles. The van der Waals surface area contributed by atoms with Crippen molar-refractivity contribution in [3.63, 3.8) is 0 Å². The highest BCUT2D eigenvalue weighted by Gasteiger charge is 2.28. The van der Waals surface area contributed by atoms with E-state index in [2.05, 4.69) is 86.6 Å². The Hall–Kier alpha value is -1.15. The molecule has 3 rings (SSSR count). The van der Waals surface area contributed by atoms with Crippen molar-refractivity contribution < 1.29 is 13.9 Å². The van der Waals surface area contributed by atoms with Crippen LogP contribution in [0.3, 0.4) is 0 Å². The molecule has 0 aromatic heterocycles. The molecule has 1 atom stereocenters. The molecule has 1 fully saturated rings. The minimum atomic E-state index is -1.96. The Labute approximate surface area is 196 Å². The van der Waals surface area contributed by atoms with Crippen LogP contribution in [-0.2, 0) is 20.8 Å². The van der Waals surface area contributed by atoms with Gasteiger partial charge in [-0.1, -0.05) is 93.7 Å². The summed E-state index contributed by atoms with van der Waals surface area (Å²) in [6.45, 7) is 20.2. The maximum absolute atomic E-state index is 10.7. The molecule has 1 aliphatic carbocycles. The van der Waals surface area contributed by atoms with Crippen molar-refractivity contribution in [2.24, 2.45) is 0 Å². The fraction of sp³-hybridized carbons (Fsp3) is 0.643. The highest BCUT2D eigenvalue weighted by Crippen LogP contribution is 2.46. The van der Waals surface area contributed by atoms with E-state index in [1.54, 1.807) is 0 Å². The third kappa shape index (κ3) is 6.04. The highest BCUT2D eigenvalue weighted by molar-refractivity contribution is 7.41. The molecule has 0 radical (unpaired) electrons. The van der Waals surface area contributed by atoms with E-state index >= 15 is 0 Å². The first kappa shape index (κ1) is 25.5. The van der Waals surface area contributed by atoms with Gasteiger partial charge in [-0.3, -0.25) is 4.52 Å². The monoisotopic (exact) mass is 458 g/mol. The summed E-state index contributed by atoms with van der Waals surface area (Å²) in [6, 6.07) is 9.07. The number of fused-ring (bicyclic) bond motifs is 1. The number of benzene rings is 2. The van der Waals surface area contributed by atoms with Gasteiger partial charge in [0.2, 0.25) is 0 Å². The lowest BCUT2D eigenvalue weighted by atomic mass is 9.76. The summed E-state index contributed by atoms with van der Waals surface area (Å²) in [7, 11) is -1.96. The van der Waals surface area contributed by atoms with Crippen LogP contribution in [-0.4, -0.2) is 11.0 Å². The van der Waals surface area contributed by atoms with Gasteiger partial charge in [0.25, 0.3) is 0 Å². The first-order valence-electron chi connectivity index (χ1n) is 12.1. The topological polar surface area (TPSA) is 38.7 Å². The van der Waals surface area contributed by atoms with Crippen LogP contribution < -0.4 is 4.52 Å². The van der Waals surface area contributed by atoms with Gasteiger partial charge in [-0.05, 0) is 63.1 Å². The Bertz CT molecular complexity index is 938. The van der Waals surface area contributed by atoms with Crippen molar-refractivity contribution in [1.82, 2.24) is 0 Å². The van der Waals surface area contributed by atoms with Crippen molar-refractivity contribution in [3.8, 4) is 5.75 Å². The van der Waals surface area contributed by atoms with Crippen LogP contribution >= 0.6 is 8.60 Å². The van der Waals surface area contributed by atoms with Crippen molar-refractivity contribution in [1.29, 1.82) is 0 Å². The SMILES string of the molecule is CC(C)(C)c1cc(C(C)(C)C)c2cc(OP(O)OC3CCCCC3)c(C(C)(C)C)cc2c1. The predicted molar refractivity (Wildman–Crippen MR) is 138 cm³/mol. The molecule has 32 heavy (non-hydrogen) atoms. The van der Waals surface area contributed by atoms with Gasteiger partial charge in [0, 0.05) is 5.56 Å². The van der Waals surface area contributed by atoms with Gasteiger partial charge < -0.3 is 9.42 Å². The van der Waals surface area contributed by atoms with Crippen molar-refractivity contribution in [3.05, 3.63) is 41.0 Å². The van der Waals surface area contributed by atoms with Crippen LogP contribution in [0.5, 0.6) is 5.75 Å². The number of hydrogen-bond donors (Lipinski definition) is 1. The normalized spacial score (nSPS) is 17.6. The third-order valence-electron chi connectivity index (χ3n) is 6.50. The fourth-order valence-corrected chi connectivity index (χ4v) is 5.34. The molecule has 0 heterocycles. The Kier molecular flexibility index (Phi) is 7.36. The largest absolute Gasteiger partial charge is 0.427 e. The minimum Gasteiger partial charge on any atom is -0.427 e. The number of rotatable bonds is 4. The Morgan fingerprint density at radius 2 is 1.34 bits per heavy atom. The molecule has 0 spiro atoms. The fourth-order valence-electron chi connectivity index (χ4n) is 4.51. The molecule has 4 heteroatoms. The molecule has 2 aromatic rings. The van der Waals surface area contributed by atoms with E-state index in [1.807, 2.05) is 0 Å². The molecule has 1 aliphatic rings. The molecule has 1 N–H and O–H groups in total. The van der Waals surface area contributed by atoms with Gasteiger partial charge in [0.05, 0.1) is 6.10 Å². The van der Waals surface area contributed by atoms with Gasteiger partial charge in [-0.15, -0.1) is 0 Å². The van der Waals surface area contributed by atoms with Crippen LogP contribution in [0.15, 0.2) is 24.3 Å². The Morgan fingerprint density at radius 1 is 0.750 bits per heavy atom. The standard InChI is InChI=1S/C28H43O3P/c1-26(2,3)20-15-19-16-24(28(7,8)9)25(18-22(19)23(17-20)27(4,5)6)31-32(29)30-21-13-11-10-12-14-21/h15-18,21,29H,10-14H2,1-9H3. The van der Waals surface area contributed by atoms with Crippen LogP contribution in [0.2, 0.25) is 0 Å². The molecule has 178 valence electrons.